The van der Waals surface area contributed by atoms with Gasteiger partial charge < -0.3 is 19.9 Å². The first-order valence-corrected chi connectivity index (χ1v) is 12.1. The fraction of sp³-hybridized carbons (Fsp3) is 0.444. The average molecular weight is 516 g/mol. The van der Waals surface area contributed by atoms with Crippen molar-refractivity contribution in [2.45, 2.75) is 63.8 Å². The molecule has 10 heteroatoms. The number of nitrogens with one attached hydrogen (secondary N) is 1. The molecular weight excluding hydrogens is 487 g/mol. The van der Waals surface area contributed by atoms with E-state index in [0.29, 0.717) is 39.2 Å². The van der Waals surface area contributed by atoms with Gasteiger partial charge in [0.1, 0.15) is 23.0 Å². The van der Waals surface area contributed by atoms with E-state index >= 15 is 0 Å². The number of hydrogen-bond acceptors (Lipinski definition) is 7. The van der Waals surface area contributed by atoms with Crippen molar-refractivity contribution in [3.63, 3.8) is 0 Å². The second-order valence-electron chi connectivity index (χ2n) is 10.5. The van der Waals surface area contributed by atoms with Crippen LogP contribution in [0.2, 0.25) is 0 Å². The molecule has 0 radical (unpaired) electrons. The number of carbonyl (C=O) groups is 1. The van der Waals surface area contributed by atoms with E-state index in [2.05, 4.69) is 15.3 Å². The van der Waals surface area contributed by atoms with Crippen LogP contribution in [0.25, 0.3) is 10.8 Å². The van der Waals surface area contributed by atoms with Gasteiger partial charge in [0.2, 0.25) is 0 Å². The molecule has 2 aromatic heterocycles. The van der Waals surface area contributed by atoms with Crippen LogP contribution in [0, 0.1) is 5.92 Å². The van der Waals surface area contributed by atoms with Gasteiger partial charge in [-0.3, -0.25) is 0 Å². The van der Waals surface area contributed by atoms with Crippen LogP contribution in [0.1, 0.15) is 68.1 Å². The second-order valence-corrected chi connectivity index (χ2v) is 10.5. The zero-order valence-electron chi connectivity index (χ0n) is 20.9. The van der Waals surface area contributed by atoms with Gasteiger partial charge in [-0.1, -0.05) is 13.0 Å². The third-order valence-corrected chi connectivity index (χ3v) is 7.38. The standard InChI is InChI=1S/C27H28F3N3O4/c1-14-23-16(24(34)37-25(14,2)3)7-10-21(33-23)32-22-11-17-18(12-31-22)20(36-13-27(28,29)30)9-8-19(17)26(4,35)15-5-6-15/h7-12,14-15,35H,5-6,13H2,1-4H3,(H,31,32,33)/t14-,26-/m1/s1. The lowest BCUT2D eigenvalue weighted by molar-refractivity contribution is -0.153. The van der Waals surface area contributed by atoms with Crippen molar-refractivity contribution in [3.8, 4) is 5.75 Å². The Morgan fingerprint density at radius 2 is 1.89 bits per heavy atom. The summed E-state index contributed by atoms with van der Waals surface area (Å²) in [6, 6.07) is 8.02. The number of halogens is 3. The molecule has 2 aliphatic rings. The molecule has 1 aromatic carbocycles. The van der Waals surface area contributed by atoms with Crippen LogP contribution in [0.5, 0.6) is 5.75 Å². The van der Waals surface area contributed by atoms with Crippen LogP contribution < -0.4 is 10.1 Å². The van der Waals surface area contributed by atoms with Crippen molar-refractivity contribution < 1.29 is 32.5 Å². The number of fused-ring (bicyclic) bond motifs is 2. The number of esters is 1. The number of ether oxygens (including phenoxy) is 2. The monoisotopic (exact) mass is 515 g/mol. The molecule has 2 N–H and O–H groups in total. The maximum absolute atomic E-state index is 12.8. The van der Waals surface area contributed by atoms with Crippen LogP contribution in [-0.4, -0.2) is 39.4 Å². The van der Waals surface area contributed by atoms with E-state index in [9.17, 15) is 23.1 Å². The molecule has 7 nitrogen and oxygen atoms in total. The Morgan fingerprint density at radius 1 is 1.16 bits per heavy atom. The lowest BCUT2D eigenvalue weighted by Crippen LogP contribution is -2.39. The SMILES string of the molecule is C[C@@H]1c2nc(Nc3cc4c([C@](C)(O)C5CC5)ccc(OCC(F)(F)F)c4cn3)ccc2C(=O)OC1(C)C. The fourth-order valence-corrected chi connectivity index (χ4v) is 4.76. The van der Waals surface area contributed by atoms with Gasteiger partial charge in [-0.05, 0) is 74.7 Å². The predicted octanol–water partition coefficient (Wildman–Crippen LogP) is 5.98. The number of cyclic esters (lactones) is 1. The molecule has 3 heterocycles. The van der Waals surface area contributed by atoms with Crippen LogP contribution in [-0.2, 0) is 10.3 Å². The lowest BCUT2D eigenvalue weighted by atomic mass is 9.84. The molecule has 0 bridgehead atoms. The molecule has 196 valence electrons. The number of carbonyl (C=O) groups excluding carboxylic acids is 1. The second kappa shape index (κ2) is 8.58. The van der Waals surface area contributed by atoms with Crippen molar-refractivity contribution >= 4 is 28.4 Å². The van der Waals surface area contributed by atoms with Crippen molar-refractivity contribution in [1.29, 1.82) is 0 Å². The van der Waals surface area contributed by atoms with E-state index in [1.54, 1.807) is 31.2 Å². The normalized spacial score (nSPS) is 20.6. The first-order valence-electron chi connectivity index (χ1n) is 12.1. The molecule has 2 atom stereocenters. The average Bonchev–Trinajstić information content (AvgIpc) is 3.66. The summed E-state index contributed by atoms with van der Waals surface area (Å²) >= 11 is 0. The van der Waals surface area contributed by atoms with Crippen LogP contribution in [0.3, 0.4) is 0 Å². The van der Waals surface area contributed by atoms with Gasteiger partial charge in [0, 0.05) is 17.5 Å². The van der Waals surface area contributed by atoms with E-state index in [-0.39, 0.29) is 17.6 Å². The first-order chi connectivity index (χ1) is 17.3. The summed E-state index contributed by atoms with van der Waals surface area (Å²) in [4.78, 5) is 21.4. The third-order valence-electron chi connectivity index (χ3n) is 7.38. The summed E-state index contributed by atoms with van der Waals surface area (Å²) in [7, 11) is 0. The zero-order valence-corrected chi connectivity index (χ0v) is 20.9. The minimum atomic E-state index is -4.49. The van der Waals surface area contributed by atoms with E-state index < -0.39 is 30.0 Å². The number of anilines is 2. The molecule has 0 unspecified atom stereocenters. The Labute approximate surface area is 212 Å². The topological polar surface area (TPSA) is 93.6 Å². The Morgan fingerprint density at radius 3 is 2.57 bits per heavy atom. The number of pyridine rings is 2. The highest BCUT2D eigenvalue weighted by atomic mass is 19.4. The van der Waals surface area contributed by atoms with Gasteiger partial charge in [-0.15, -0.1) is 0 Å². The molecule has 37 heavy (non-hydrogen) atoms. The number of hydrogen-bond donors (Lipinski definition) is 2. The Balaban J connectivity index is 1.54. The van der Waals surface area contributed by atoms with Crippen molar-refractivity contribution in [2.75, 3.05) is 11.9 Å². The number of alkyl halides is 3. The summed E-state index contributed by atoms with van der Waals surface area (Å²) in [5, 5.41) is 15.3. The predicted molar refractivity (Wildman–Crippen MR) is 131 cm³/mol. The smallest absolute Gasteiger partial charge is 0.422 e. The summed E-state index contributed by atoms with van der Waals surface area (Å²) in [5.41, 5.74) is -0.283. The molecule has 1 fully saturated rings. The molecule has 5 rings (SSSR count). The highest BCUT2D eigenvalue weighted by Gasteiger charge is 2.43. The van der Waals surface area contributed by atoms with Crippen LogP contribution in [0.4, 0.5) is 24.8 Å². The van der Waals surface area contributed by atoms with Gasteiger partial charge in [0.15, 0.2) is 6.61 Å². The quantitative estimate of drug-likeness (QED) is 0.390. The molecule has 0 amide bonds. The summed E-state index contributed by atoms with van der Waals surface area (Å²) in [6.07, 6.45) is -1.33. The minimum absolute atomic E-state index is 0.0307. The van der Waals surface area contributed by atoms with Crippen LogP contribution >= 0.6 is 0 Å². The molecule has 1 saturated carbocycles. The number of aromatic nitrogens is 2. The summed E-state index contributed by atoms with van der Waals surface area (Å²) < 4.78 is 49.1. The highest BCUT2D eigenvalue weighted by Crippen LogP contribution is 2.48. The van der Waals surface area contributed by atoms with Crippen molar-refractivity contribution in [2.24, 2.45) is 5.92 Å². The van der Waals surface area contributed by atoms with Gasteiger partial charge >= 0.3 is 12.1 Å². The molecule has 3 aromatic rings. The highest BCUT2D eigenvalue weighted by molar-refractivity contribution is 5.94. The molecular formula is C27H28F3N3O4. The molecule has 1 aliphatic heterocycles. The van der Waals surface area contributed by atoms with Gasteiger partial charge in [-0.25, -0.2) is 14.8 Å². The number of rotatable bonds is 6. The largest absolute Gasteiger partial charge is 0.483 e. The summed E-state index contributed by atoms with van der Waals surface area (Å²) in [6.45, 7) is 5.88. The maximum Gasteiger partial charge on any atom is 0.422 e. The molecule has 0 spiro atoms. The van der Waals surface area contributed by atoms with E-state index in [1.165, 1.54) is 12.3 Å². The van der Waals surface area contributed by atoms with E-state index in [1.807, 2.05) is 20.8 Å². The molecule has 1 aliphatic carbocycles. The third kappa shape index (κ3) is 4.82. The summed E-state index contributed by atoms with van der Waals surface area (Å²) in [5.74, 6) is 0.339. The maximum atomic E-state index is 12.8. The Hall–Kier alpha value is -3.40. The van der Waals surface area contributed by atoms with Gasteiger partial charge in [0.25, 0.3) is 0 Å². The zero-order chi connectivity index (χ0) is 26.8. The number of aliphatic hydroxyl groups is 1. The van der Waals surface area contributed by atoms with Gasteiger partial charge in [0.05, 0.1) is 16.9 Å². The van der Waals surface area contributed by atoms with Crippen molar-refractivity contribution in [3.05, 3.63) is 53.3 Å². The van der Waals surface area contributed by atoms with Crippen LogP contribution in [0.15, 0.2) is 36.5 Å². The van der Waals surface area contributed by atoms with Crippen molar-refractivity contribution in [1.82, 2.24) is 9.97 Å². The number of nitrogens with zero attached hydrogens (tertiary/aromatic N) is 2. The van der Waals surface area contributed by atoms with E-state index in [0.717, 1.165) is 12.8 Å². The number of benzene rings is 1. The Kier molecular flexibility index (Phi) is 5.86. The lowest BCUT2D eigenvalue weighted by Gasteiger charge is -2.36. The minimum Gasteiger partial charge on any atom is -0.483 e. The van der Waals surface area contributed by atoms with E-state index in [4.69, 9.17) is 9.47 Å². The van der Waals surface area contributed by atoms with Gasteiger partial charge in [-0.2, -0.15) is 13.2 Å². The Bertz CT molecular complexity index is 1380. The fourth-order valence-electron chi connectivity index (χ4n) is 4.76. The molecule has 0 saturated heterocycles. The first kappa shape index (κ1) is 25.3.